The van der Waals surface area contributed by atoms with Gasteiger partial charge in [-0.3, -0.25) is 0 Å². The average molecular weight is 242 g/mol. The summed E-state index contributed by atoms with van der Waals surface area (Å²) in [5.41, 5.74) is -0.319. The van der Waals surface area contributed by atoms with E-state index in [-0.39, 0.29) is 5.56 Å². The van der Waals surface area contributed by atoms with Crippen LogP contribution in [0.5, 0.6) is 0 Å². The zero-order valence-electron chi connectivity index (χ0n) is 9.43. The highest BCUT2D eigenvalue weighted by Gasteiger charge is 2.30. The first-order valence-corrected chi connectivity index (χ1v) is 5.34. The summed E-state index contributed by atoms with van der Waals surface area (Å²) in [6, 6.07) is 4.93. The third-order valence-electron chi connectivity index (χ3n) is 2.31. The molecule has 0 spiro atoms. The van der Waals surface area contributed by atoms with Gasteiger partial charge in [-0.05, 0) is 24.6 Å². The Morgan fingerprint density at radius 1 is 1.35 bits per heavy atom. The van der Waals surface area contributed by atoms with E-state index in [9.17, 15) is 13.2 Å². The summed E-state index contributed by atoms with van der Waals surface area (Å²) in [5.74, 6) is 0. The van der Waals surface area contributed by atoms with Crippen LogP contribution in [0.4, 0.5) is 18.9 Å². The van der Waals surface area contributed by atoms with Gasteiger partial charge in [-0.2, -0.15) is 18.4 Å². The van der Waals surface area contributed by atoms with Gasteiger partial charge in [0.1, 0.15) is 6.07 Å². The molecule has 1 N–H and O–H groups in total. The van der Waals surface area contributed by atoms with Crippen molar-refractivity contribution in [2.75, 3.05) is 11.9 Å². The highest BCUT2D eigenvalue weighted by Crippen LogP contribution is 2.31. The third kappa shape index (κ3) is 3.66. The van der Waals surface area contributed by atoms with Crippen molar-refractivity contribution in [3.8, 4) is 6.07 Å². The molecular weight excluding hydrogens is 229 g/mol. The number of unbranched alkanes of at least 4 members (excludes halogenated alkanes) is 1. The maximum atomic E-state index is 12.4. The molecule has 0 amide bonds. The summed E-state index contributed by atoms with van der Waals surface area (Å²) in [6.45, 7) is 2.66. The zero-order valence-corrected chi connectivity index (χ0v) is 9.43. The minimum Gasteiger partial charge on any atom is -0.384 e. The van der Waals surface area contributed by atoms with E-state index < -0.39 is 11.7 Å². The zero-order chi connectivity index (χ0) is 12.9. The number of hydrogen-bond acceptors (Lipinski definition) is 2. The van der Waals surface area contributed by atoms with E-state index in [4.69, 9.17) is 5.26 Å². The van der Waals surface area contributed by atoms with E-state index in [2.05, 4.69) is 5.32 Å². The van der Waals surface area contributed by atoms with Crippen molar-refractivity contribution in [1.82, 2.24) is 0 Å². The van der Waals surface area contributed by atoms with Crippen molar-refractivity contribution in [3.63, 3.8) is 0 Å². The van der Waals surface area contributed by atoms with Crippen molar-refractivity contribution in [3.05, 3.63) is 29.3 Å². The lowest BCUT2D eigenvalue weighted by Crippen LogP contribution is -2.07. The first-order chi connectivity index (χ1) is 7.99. The van der Waals surface area contributed by atoms with Gasteiger partial charge in [0.2, 0.25) is 0 Å². The fourth-order valence-corrected chi connectivity index (χ4v) is 1.37. The SMILES string of the molecule is CCCCNc1ccc(C(F)(F)F)cc1C#N. The van der Waals surface area contributed by atoms with E-state index >= 15 is 0 Å². The molecule has 0 bridgehead atoms. The Kier molecular flexibility index (Phi) is 4.38. The number of nitrogens with one attached hydrogen (secondary N) is 1. The molecule has 0 heterocycles. The van der Waals surface area contributed by atoms with Gasteiger partial charge in [-0.15, -0.1) is 0 Å². The number of halogens is 3. The van der Waals surface area contributed by atoms with Crippen LogP contribution in [0.3, 0.4) is 0 Å². The Morgan fingerprint density at radius 3 is 2.59 bits per heavy atom. The van der Waals surface area contributed by atoms with Crippen LogP contribution in [-0.4, -0.2) is 6.54 Å². The molecule has 17 heavy (non-hydrogen) atoms. The van der Waals surface area contributed by atoms with Crippen molar-refractivity contribution in [2.45, 2.75) is 25.9 Å². The molecule has 2 nitrogen and oxygen atoms in total. The first-order valence-electron chi connectivity index (χ1n) is 5.34. The van der Waals surface area contributed by atoms with E-state index in [0.717, 1.165) is 25.0 Å². The number of benzene rings is 1. The monoisotopic (exact) mass is 242 g/mol. The van der Waals surface area contributed by atoms with Crippen LogP contribution in [0.25, 0.3) is 0 Å². The molecule has 0 radical (unpaired) electrons. The molecular formula is C12H13F3N2. The molecule has 1 aromatic rings. The predicted octanol–water partition coefficient (Wildman–Crippen LogP) is 3.79. The van der Waals surface area contributed by atoms with Crippen molar-refractivity contribution >= 4 is 5.69 Å². The Labute approximate surface area is 98.1 Å². The minimum absolute atomic E-state index is 0.0240. The molecule has 0 unspecified atom stereocenters. The second kappa shape index (κ2) is 5.58. The lowest BCUT2D eigenvalue weighted by Gasteiger charge is -2.11. The van der Waals surface area contributed by atoms with Crippen LogP contribution >= 0.6 is 0 Å². The maximum absolute atomic E-state index is 12.4. The number of anilines is 1. The van der Waals surface area contributed by atoms with Gasteiger partial charge in [0, 0.05) is 6.54 Å². The molecule has 0 saturated carbocycles. The highest BCUT2D eigenvalue weighted by molar-refractivity contribution is 5.58. The average Bonchev–Trinajstić information content (AvgIpc) is 2.28. The number of nitrogens with zero attached hydrogens (tertiary/aromatic N) is 1. The van der Waals surface area contributed by atoms with Crippen LogP contribution in [0.2, 0.25) is 0 Å². The van der Waals surface area contributed by atoms with Crippen molar-refractivity contribution in [2.24, 2.45) is 0 Å². The van der Waals surface area contributed by atoms with Crippen LogP contribution in [0, 0.1) is 11.3 Å². The van der Waals surface area contributed by atoms with Crippen LogP contribution in [0.1, 0.15) is 30.9 Å². The largest absolute Gasteiger partial charge is 0.416 e. The summed E-state index contributed by atoms with van der Waals surface area (Å²) < 4.78 is 37.2. The van der Waals surface area contributed by atoms with Gasteiger partial charge in [0.05, 0.1) is 16.8 Å². The summed E-state index contributed by atoms with van der Waals surface area (Å²) in [7, 11) is 0. The van der Waals surface area contributed by atoms with E-state index in [1.807, 2.05) is 6.92 Å². The molecule has 1 rings (SSSR count). The van der Waals surface area contributed by atoms with Gasteiger partial charge >= 0.3 is 6.18 Å². The number of nitriles is 1. The minimum atomic E-state index is -4.41. The number of hydrogen-bond donors (Lipinski definition) is 1. The lowest BCUT2D eigenvalue weighted by atomic mass is 10.1. The Balaban J connectivity index is 2.91. The van der Waals surface area contributed by atoms with Gasteiger partial charge in [0.25, 0.3) is 0 Å². The fraction of sp³-hybridized carbons (Fsp3) is 0.417. The quantitative estimate of drug-likeness (QED) is 0.815. The Hall–Kier alpha value is -1.70. The molecule has 0 aliphatic rings. The summed E-state index contributed by atoms with van der Waals surface area (Å²) in [5, 5.41) is 11.8. The van der Waals surface area contributed by atoms with Crippen LogP contribution in [0.15, 0.2) is 18.2 Å². The second-order valence-electron chi connectivity index (χ2n) is 3.65. The van der Waals surface area contributed by atoms with E-state index in [1.54, 1.807) is 6.07 Å². The van der Waals surface area contributed by atoms with E-state index in [1.165, 1.54) is 6.07 Å². The third-order valence-corrected chi connectivity index (χ3v) is 2.31. The molecule has 0 fully saturated rings. The molecule has 0 aliphatic heterocycles. The normalized spacial score (nSPS) is 11.0. The molecule has 5 heteroatoms. The summed E-state index contributed by atoms with van der Waals surface area (Å²) in [6.07, 6.45) is -2.52. The van der Waals surface area contributed by atoms with Crippen molar-refractivity contribution < 1.29 is 13.2 Å². The van der Waals surface area contributed by atoms with E-state index in [0.29, 0.717) is 12.2 Å². The predicted molar refractivity (Wildman–Crippen MR) is 59.6 cm³/mol. The molecule has 0 saturated heterocycles. The van der Waals surface area contributed by atoms with Gasteiger partial charge < -0.3 is 5.32 Å². The standard InChI is InChI=1S/C12H13F3N2/c1-2-3-6-17-11-5-4-10(12(13,14)15)7-9(11)8-16/h4-5,7,17H,2-3,6H2,1H3. The molecule has 0 aromatic heterocycles. The molecule has 0 aliphatic carbocycles. The second-order valence-corrected chi connectivity index (χ2v) is 3.65. The summed E-state index contributed by atoms with van der Waals surface area (Å²) in [4.78, 5) is 0. The molecule has 92 valence electrons. The molecule has 1 aromatic carbocycles. The van der Waals surface area contributed by atoms with Crippen LogP contribution < -0.4 is 5.32 Å². The maximum Gasteiger partial charge on any atom is 0.416 e. The van der Waals surface area contributed by atoms with Gasteiger partial charge in [0.15, 0.2) is 0 Å². The van der Waals surface area contributed by atoms with Crippen molar-refractivity contribution in [1.29, 1.82) is 5.26 Å². The fourth-order valence-electron chi connectivity index (χ4n) is 1.37. The summed E-state index contributed by atoms with van der Waals surface area (Å²) >= 11 is 0. The Bertz CT molecular complexity index is 419. The lowest BCUT2D eigenvalue weighted by molar-refractivity contribution is -0.137. The molecule has 0 atom stereocenters. The first kappa shape index (κ1) is 13.4. The van der Waals surface area contributed by atoms with Crippen LogP contribution in [-0.2, 0) is 6.18 Å². The number of rotatable bonds is 4. The Morgan fingerprint density at radius 2 is 2.06 bits per heavy atom. The number of alkyl halides is 3. The smallest absolute Gasteiger partial charge is 0.384 e. The van der Waals surface area contributed by atoms with Gasteiger partial charge in [-0.25, -0.2) is 0 Å². The topological polar surface area (TPSA) is 35.8 Å². The van der Waals surface area contributed by atoms with Gasteiger partial charge in [-0.1, -0.05) is 13.3 Å². The highest BCUT2D eigenvalue weighted by atomic mass is 19.4.